The minimum atomic E-state index is -1.08. The zero-order valence-electron chi connectivity index (χ0n) is 12.4. The van der Waals surface area contributed by atoms with Gasteiger partial charge in [-0.2, -0.15) is 0 Å². The summed E-state index contributed by atoms with van der Waals surface area (Å²) in [4.78, 5) is 8.40. The molecule has 3 aromatic rings. The first-order valence-electron chi connectivity index (χ1n) is 6.84. The molecular weight excluding hydrogens is 286 g/mol. The van der Waals surface area contributed by atoms with E-state index in [4.69, 9.17) is 10.5 Å². The number of hydrogen-bond donors (Lipinski definition) is 1. The Balaban J connectivity index is 1.81. The Morgan fingerprint density at radius 3 is 2.76 bits per heavy atom. The summed E-state index contributed by atoms with van der Waals surface area (Å²) in [6.07, 6.45) is 3.27. The van der Waals surface area contributed by atoms with E-state index in [1.807, 2.05) is 0 Å². The van der Waals surface area contributed by atoms with Gasteiger partial charge in [0.1, 0.15) is 24.9 Å². The van der Waals surface area contributed by atoms with Crippen molar-refractivity contribution in [3.05, 3.63) is 12.7 Å². The molecule has 0 fully saturated rings. The Morgan fingerprint density at radius 2 is 2.00 bits per heavy atom. The summed E-state index contributed by atoms with van der Waals surface area (Å²) >= 11 is 0. The molecule has 0 saturated heterocycles. The maximum absolute atomic E-state index is 5.86. The summed E-state index contributed by atoms with van der Waals surface area (Å²) in [6.45, 7) is 8.04. The Bertz CT molecular complexity index is 773. The maximum Gasteiger partial charge on any atom is 0.184 e. The van der Waals surface area contributed by atoms with Crippen LogP contribution in [0.25, 0.3) is 16.7 Å². The fourth-order valence-corrected chi connectivity index (χ4v) is 2.79. The number of hydrogen-bond acceptors (Lipinski definition) is 6. The Labute approximate surface area is 122 Å². The van der Waals surface area contributed by atoms with Gasteiger partial charge in [-0.05, 0) is 6.04 Å². The first kappa shape index (κ1) is 14.0. The number of nitrogens with two attached hydrogens (primary N) is 1. The summed E-state index contributed by atoms with van der Waals surface area (Å²) in [5.74, 6) is 0.425. The van der Waals surface area contributed by atoms with Crippen LogP contribution in [-0.2, 0) is 11.5 Å². The second-order valence-electron chi connectivity index (χ2n) is 6.24. The smallest absolute Gasteiger partial charge is 0.184 e. The van der Waals surface area contributed by atoms with Gasteiger partial charge in [0, 0.05) is 14.7 Å². The molecule has 0 atom stereocenters. The summed E-state index contributed by atoms with van der Waals surface area (Å²) in [6, 6.07) is 1.12. The highest BCUT2D eigenvalue weighted by atomic mass is 28.3. The predicted molar refractivity (Wildman–Crippen MR) is 82.6 cm³/mol. The monoisotopic (exact) mass is 305 g/mol. The van der Waals surface area contributed by atoms with Gasteiger partial charge in [-0.25, -0.2) is 14.6 Å². The van der Waals surface area contributed by atoms with Crippen molar-refractivity contribution < 1.29 is 4.74 Å². The van der Waals surface area contributed by atoms with E-state index >= 15 is 0 Å². The Hall–Kier alpha value is -2.00. The summed E-state index contributed by atoms with van der Waals surface area (Å²) in [7, 11) is -1.08. The van der Waals surface area contributed by atoms with Crippen LogP contribution in [0.1, 0.15) is 0 Å². The van der Waals surface area contributed by atoms with Crippen LogP contribution in [0.3, 0.4) is 0 Å². The fraction of sp³-hybridized carbons (Fsp3) is 0.500. The summed E-state index contributed by atoms with van der Waals surface area (Å²) in [5, 5.41) is 8.24. The van der Waals surface area contributed by atoms with Crippen LogP contribution in [0.5, 0.6) is 0 Å². The van der Waals surface area contributed by atoms with Crippen LogP contribution in [0, 0.1) is 0 Å². The third kappa shape index (κ3) is 2.74. The number of anilines is 1. The molecule has 21 heavy (non-hydrogen) atoms. The second-order valence-corrected chi connectivity index (χ2v) is 11.9. The highest BCUT2D eigenvalue weighted by Gasteiger charge is 2.15. The molecule has 0 aliphatic carbocycles. The summed E-state index contributed by atoms with van der Waals surface area (Å²) in [5.41, 5.74) is 7.88. The van der Waals surface area contributed by atoms with Crippen molar-refractivity contribution in [3.8, 4) is 0 Å². The van der Waals surface area contributed by atoms with E-state index < -0.39 is 8.07 Å². The van der Waals surface area contributed by atoms with Gasteiger partial charge in [0.2, 0.25) is 0 Å². The highest BCUT2D eigenvalue weighted by Crippen LogP contribution is 2.19. The fourth-order valence-electron chi connectivity index (χ4n) is 2.03. The lowest BCUT2D eigenvalue weighted by atomic mass is 10.4. The molecular formula is C12H19N7OSi. The lowest BCUT2D eigenvalue weighted by Crippen LogP contribution is -2.22. The first-order chi connectivity index (χ1) is 9.96. The van der Waals surface area contributed by atoms with Crippen molar-refractivity contribution in [2.45, 2.75) is 32.4 Å². The zero-order chi connectivity index (χ0) is 15.0. The van der Waals surface area contributed by atoms with Gasteiger partial charge in [-0.15, -0.1) is 5.10 Å². The molecule has 0 saturated carbocycles. The van der Waals surface area contributed by atoms with Crippen molar-refractivity contribution in [1.82, 2.24) is 29.4 Å². The number of nitrogens with zero attached hydrogens (tertiary/aromatic N) is 6. The van der Waals surface area contributed by atoms with Gasteiger partial charge in [-0.1, -0.05) is 24.9 Å². The minimum absolute atomic E-state index is 0.345. The van der Waals surface area contributed by atoms with E-state index in [9.17, 15) is 0 Å². The molecule has 3 aromatic heterocycles. The van der Waals surface area contributed by atoms with Crippen LogP contribution < -0.4 is 5.73 Å². The number of rotatable bonds is 5. The molecule has 0 amide bonds. The Morgan fingerprint density at radius 1 is 1.24 bits per heavy atom. The molecule has 0 aromatic carbocycles. The quantitative estimate of drug-likeness (QED) is 0.565. The van der Waals surface area contributed by atoms with Crippen molar-refractivity contribution in [1.29, 1.82) is 0 Å². The predicted octanol–water partition coefficient (Wildman–Crippen LogP) is 1.37. The molecule has 0 radical (unpaired) electrons. The van der Waals surface area contributed by atoms with Crippen molar-refractivity contribution in [2.75, 3.05) is 12.3 Å². The van der Waals surface area contributed by atoms with E-state index in [-0.39, 0.29) is 0 Å². The van der Waals surface area contributed by atoms with Gasteiger partial charge in [0.25, 0.3) is 0 Å². The van der Waals surface area contributed by atoms with E-state index in [1.165, 1.54) is 0 Å². The van der Waals surface area contributed by atoms with Crippen LogP contribution in [0.2, 0.25) is 25.7 Å². The number of imidazole rings is 1. The number of ether oxygens (including phenoxy) is 1. The molecule has 3 rings (SSSR count). The number of aromatic nitrogens is 6. The standard InChI is InChI=1S/C12H19N7OSi/c1-21(2,3)5-4-20-8-19-12-9(16-17-19)10-11(13)14-6-18(10)7-15-12/h6-7H,4-5,8,13H2,1-3H3. The maximum atomic E-state index is 5.86. The average molecular weight is 305 g/mol. The average Bonchev–Trinajstić information content (AvgIpc) is 2.98. The van der Waals surface area contributed by atoms with Crippen LogP contribution in [-0.4, -0.2) is 44.0 Å². The largest absolute Gasteiger partial charge is 0.382 e. The summed E-state index contributed by atoms with van der Waals surface area (Å²) < 4.78 is 9.07. The van der Waals surface area contributed by atoms with Crippen LogP contribution in [0.4, 0.5) is 5.82 Å². The third-order valence-electron chi connectivity index (χ3n) is 3.27. The van der Waals surface area contributed by atoms with Crippen molar-refractivity contribution >= 4 is 30.6 Å². The molecule has 0 bridgehead atoms. The second kappa shape index (κ2) is 5.08. The van der Waals surface area contributed by atoms with Gasteiger partial charge in [0.05, 0.1) is 0 Å². The van der Waals surface area contributed by atoms with Gasteiger partial charge >= 0.3 is 0 Å². The van der Waals surface area contributed by atoms with Gasteiger partial charge in [0.15, 0.2) is 17.0 Å². The molecule has 3 heterocycles. The Kier molecular flexibility index (Phi) is 3.37. The van der Waals surface area contributed by atoms with Gasteiger partial charge < -0.3 is 10.5 Å². The molecule has 0 aliphatic heterocycles. The number of nitrogen functional groups attached to an aromatic ring is 1. The zero-order valence-corrected chi connectivity index (χ0v) is 13.4. The molecule has 112 valence electrons. The van der Waals surface area contributed by atoms with Gasteiger partial charge in [-0.3, -0.25) is 4.40 Å². The van der Waals surface area contributed by atoms with E-state index in [0.717, 1.165) is 18.2 Å². The lowest BCUT2D eigenvalue weighted by molar-refractivity contribution is 0.0798. The van der Waals surface area contributed by atoms with E-state index in [1.54, 1.807) is 21.7 Å². The first-order valence-corrected chi connectivity index (χ1v) is 10.5. The third-order valence-corrected chi connectivity index (χ3v) is 4.97. The van der Waals surface area contributed by atoms with Crippen LogP contribution in [0.15, 0.2) is 12.7 Å². The molecule has 8 nitrogen and oxygen atoms in total. The highest BCUT2D eigenvalue weighted by molar-refractivity contribution is 6.76. The lowest BCUT2D eigenvalue weighted by Gasteiger charge is -2.15. The molecule has 0 aliphatic rings. The SMILES string of the molecule is C[Si](C)(C)CCOCn1nnc2c1ncn1cnc(N)c21. The minimum Gasteiger partial charge on any atom is -0.382 e. The molecule has 0 unspecified atom stereocenters. The molecule has 9 heteroatoms. The van der Waals surface area contributed by atoms with E-state index in [0.29, 0.717) is 23.7 Å². The van der Waals surface area contributed by atoms with Crippen molar-refractivity contribution in [2.24, 2.45) is 0 Å². The van der Waals surface area contributed by atoms with Crippen LogP contribution >= 0.6 is 0 Å². The molecule has 2 N–H and O–H groups in total. The van der Waals surface area contributed by atoms with E-state index in [2.05, 4.69) is 39.9 Å². The normalized spacial score (nSPS) is 12.5. The molecule has 0 spiro atoms. The topological polar surface area (TPSA) is 96.1 Å². The number of fused-ring (bicyclic) bond motifs is 3. The van der Waals surface area contributed by atoms with Crippen molar-refractivity contribution in [3.63, 3.8) is 0 Å².